The largest absolute Gasteiger partial charge is 0.385 e. The van der Waals surface area contributed by atoms with Crippen molar-refractivity contribution in [2.24, 2.45) is 17.6 Å². The molecule has 1 rings (SSSR count). The van der Waals surface area contributed by atoms with Crippen molar-refractivity contribution in [3.63, 3.8) is 0 Å². The van der Waals surface area contributed by atoms with Crippen LogP contribution in [0.3, 0.4) is 0 Å². The van der Waals surface area contributed by atoms with E-state index in [0.29, 0.717) is 13.0 Å². The summed E-state index contributed by atoms with van der Waals surface area (Å²) in [5.74, 6) is 1.21. The Hall–Kier alpha value is -0.410. The first-order valence-corrected chi connectivity index (χ1v) is 6.47. The van der Waals surface area contributed by atoms with Crippen LogP contribution in [0.1, 0.15) is 45.4 Å². The zero-order valence-corrected chi connectivity index (χ0v) is 10.6. The lowest BCUT2D eigenvalue weighted by Gasteiger charge is -2.29. The molecule has 1 fully saturated rings. The fourth-order valence-corrected chi connectivity index (χ4v) is 2.61. The molecule has 1 saturated carbocycles. The van der Waals surface area contributed by atoms with Gasteiger partial charge in [0.25, 0.3) is 0 Å². The SMILES string of the molecule is CCC1CCCC(C(=O)C(N)CCOC)C1. The molecule has 0 aromatic heterocycles. The number of ether oxygens (including phenoxy) is 1. The molecule has 1 aliphatic carbocycles. The van der Waals surface area contributed by atoms with E-state index < -0.39 is 0 Å². The molecule has 0 aliphatic heterocycles. The molecule has 16 heavy (non-hydrogen) atoms. The van der Waals surface area contributed by atoms with Gasteiger partial charge in [0.1, 0.15) is 0 Å². The quantitative estimate of drug-likeness (QED) is 0.756. The third kappa shape index (κ3) is 3.87. The molecule has 0 aromatic carbocycles. The molecule has 3 atom stereocenters. The second kappa shape index (κ2) is 7.02. The maximum absolute atomic E-state index is 12.1. The van der Waals surface area contributed by atoms with Gasteiger partial charge < -0.3 is 10.5 Å². The second-order valence-electron chi connectivity index (χ2n) is 4.93. The molecule has 3 heteroatoms. The van der Waals surface area contributed by atoms with Crippen LogP contribution in [0.5, 0.6) is 0 Å². The summed E-state index contributed by atoms with van der Waals surface area (Å²) in [6.07, 6.45) is 6.41. The Labute approximate surface area is 98.7 Å². The van der Waals surface area contributed by atoms with Gasteiger partial charge in [-0.1, -0.05) is 26.2 Å². The van der Waals surface area contributed by atoms with E-state index in [1.165, 1.54) is 19.3 Å². The summed E-state index contributed by atoms with van der Waals surface area (Å²) in [5, 5.41) is 0. The van der Waals surface area contributed by atoms with Crippen molar-refractivity contribution in [2.75, 3.05) is 13.7 Å². The summed E-state index contributed by atoms with van der Waals surface area (Å²) in [6, 6.07) is -0.319. The smallest absolute Gasteiger partial charge is 0.152 e. The number of ketones is 1. The van der Waals surface area contributed by atoms with Crippen LogP contribution in [0.25, 0.3) is 0 Å². The topological polar surface area (TPSA) is 52.3 Å². The molecule has 2 N–H and O–H groups in total. The van der Waals surface area contributed by atoms with Gasteiger partial charge in [0.05, 0.1) is 6.04 Å². The van der Waals surface area contributed by atoms with Gasteiger partial charge in [-0.15, -0.1) is 0 Å². The highest BCUT2D eigenvalue weighted by atomic mass is 16.5. The highest BCUT2D eigenvalue weighted by Crippen LogP contribution is 2.32. The third-order valence-corrected chi connectivity index (χ3v) is 3.76. The summed E-state index contributed by atoms with van der Waals surface area (Å²) in [4.78, 5) is 12.1. The Balaban J connectivity index is 2.40. The normalized spacial score (nSPS) is 27.7. The fourth-order valence-electron chi connectivity index (χ4n) is 2.61. The number of rotatable bonds is 6. The first-order valence-electron chi connectivity index (χ1n) is 6.47. The number of carbonyl (C=O) groups is 1. The Morgan fingerprint density at radius 1 is 1.50 bits per heavy atom. The predicted octanol–water partition coefficient (Wildman–Crippen LogP) is 2.14. The predicted molar refractivity (Wildman–Crippen MR) is 65.2 cm³/mol. The summed E-state index contributed by atoms with van der Waals surface area (Å²) in [7, 11) is 1.64. The van der Waals surface area contributed by atoms with Gasteiger partial charge in [0.2, 0.25) is 0 Å². The number of Topliss-reactive ketones (excluding diaryl/α,β-unsaturated/α-hetero) is 1. The molecule has 0 spiro atoms. The van der Waals surface area contributed by atoms with E-state index >= 15 is 0 Å². The average Bonchev–Trinajstić information content (AvgIpc) is 2.35. The number of hydrogen-bond acceptors (Lipinski definition) is 3. The van der Waals surface area contributed by atoms with E-state index in [-0.39, 0.29) is 17.7 Å². The lowest BCUT2D eigenvalue weighted by atomic mass is 9.77. The van der Waals surface area contributed by atoms with Crippen LogP contribution >= 0.6 is 0 Å². The van der Waals surface area contributed by atoms with Crippen LogP contribution in [0, 0.1) is 11.8 Å². The van der Waals surface area contributed by atoms with E-state index in [9.17, 15) is 4.79 Å². The minimum atomic E-state index is -0.319. The maximum atomic E-state index is 12.1. The number of methoxy groups -OCH3 is 1. The zero-order valence-electron chi connectivity index (χ0n) is 10.6. The van der Waals surface area contributed by atoms with Crippen molar-refractivity contribution in [3.8, 4) is 0 Å². The van der Waals surface area contributed by atoms with E-state index in [1.807, 2.05) is 0 Å². The molecule has 0 saturated heterocycles. The van der Waals surface area contributed by atoms with Gasteiger partial charge >= 0.3 is 0 Å². The van der Waals surface area contributed by atoms with Crippen LogP contribution < -0.4 is 5.73 Å². The van der Waals surface area contributed by atoms with Gasteiger partial charge in [-0.05, 0) is 25.2 Å². The minimum Gasteiger partial charge on any atom is -0.385 e. The number of carbonyl (C=O) groups excluding carboxylic acids is 1. The minimum absolute atomic E-state index is 0.213. The Morgan fingerprint density at radius 2 is 2.25 bits per heavy atom. The van der Waals surface area contributed by atoms with Crippen LogP contribution in [0.2, 0.25) is 0 Å². The fraction of sp³-hybridized carbons (Fsp3) is 0.923. The summed E-state index contributed by atoms with van der Waals surface area (Å²) >= 11 is 0. The summed E-state index contributed by atoms with van der Waals surface area (Å²) < 4.78 is 4.96. The van der Waals surface area contributed by atoms with Gasteiger partial charge in [-0.3, -0.25) is 4.79 Å². The van der Waals surface area contributed by atoms with Crippen LogP contribution in [0.4, 0.5) is 0 Å². The van der Waals surface area contributed by atoms with Gasteiger partial charge in [-0.2, -0.15) is 0 Å². The molecular weight excluding hydrogens is 202 g/mol. The number of hydrogen-bond donors (Lipinski definition) is 1. The number of nitrogens with two attached hydrogens (primary N) is 1. The van der Waals surface area contributed by atoms with Crippen molar-refractivity contribution in [2.45, 2.75) is 51.5 Å². The summed E-state index contributed by atoms with van der Waals surface area (Å²) in [5.41, 5.74) is 5.89. The maximum Gasteiger partial charge on any atom is 0.152 e. The monoisotopic (exact) mass is 227 g/mol. The third-order valence-electron chi connectivity index (χ3n) is 3.76. The van der Waals surface area contributed by atoms with Crippen LogP contribution in [-0.4, -0.2) is 25.5 Å². The van der Waals surface area contributed by atoms with E-state index in [2.05, 4.69) is 6.92 Å². The van der Waals surface area contributed by atoms with Crippen molar-refractivity contribution < 1.29 is 9.53 Å². The Morgan fingerprint density at radius 3 is 2.88 bits per heavy atom. The second-order valence-corrected chi connectivity index (χ2v) is 4.93. The molecular formula is C13H25NO2. The molecule has 3 nitrogen and oxygen atoms in total. The lowest BCUT2D eigenvalue weighted by molar-refractivity contribution is -0.126. The molecule has 3 unspecified atom stereocenters. The highest BCUT2D eigenvalue weighted by molar-refractivity contribution is 5.86. The molecule has 0 bridgehead atoms. The van der Waals surface area contributed by atoms with E-state index in [4.69, 9.17) is 10.5 Å². The van der Waals surface area contributed by atoms with Gasteiger partial charge in [-0.25, -0.2) is 0 Å². The first kappa shape index (κ1) is 13.7. The zero-order chi connectivity index (χ0) is 12.0. The average molecular weight is 227 g/mol. The van der Waals surface area contributed by atoms with Gasteiger partial charge in [0.15, 0.2) is 5.78 Å². The molecule has 0 heterocycles. The lowest BCUT2D eigenvalue weighted by Crippen LogP contribution is -2.38. The van der Waals surface area contributed by atoms with Crippen molar-refractivity contribution in [1.82, 2.24) is 0 Å². The molecule has 0 amide bonds. The van der Waals surface area contributed by atoms with E-state index in [0.717, 1.165) is 18.8 Å². The highest BCUT2D eigenvalue weighted by Gasteiger charge is 2.29. The molecule has 0 aromatic rings. The van der Waals surface area contributed by atoms with Crippen LogP contribution in [0.15, 0.2) is 0 Å². The Kier molecular flexibility index (Phi) is 5.99. The molecule has 94 valence electrons. The summed E-state index contributed by atoms with van der Waals surface area (Å²) in [6.45, 7) is 2.79. The van der Waals surface area contributed by atoms with Crippen molar-refractivity contribution in [1.29, 1.82) is 0 Å². The van der Waals surface area contributed by atoms with Crippen molar-refractivity contribution >= 4 is 5.78 Å². The van der Waals surface area contributed by atoms with Crippen LogP contribution in [-0.2, 0) is 9.53 Å². The standard InChI is InChI=1S/C13H25NO2/c1-3-10-5-4-6-11(9-10)13(15)12(14)7-8-16-2/h10-12H,3-9,14H2,1-2H3. The Bertz CT molecular complexity index is 218. The van der Waals surface area contributed by atoms with Gasteiger partial charge in [0, 0.05) is 19.6 Å². The molecule has 1 aliphatic rings. The first-order chi connectivity index (χ1) is 7.69. The van der Waals surface area contributed by atoms with E-state index in [1.54, 1.807) is 7.11 Å². The molecule has 0 radical (unpaired) electrons. The van der Waals surface area contributed by atoms with Crippen molar-refractivity contribution in [3.05, 3.63) is 0 Å².